The minimum atomic E-state index is -0.819. The van der Waals surface area contributed by atoms with Crippen molar-refractivity contribution in [3.63, 3.8) is 0 Å². The van der Waals surface area contributed by atoms with E-state index in [-0.39, 0.29) is 37.5 Å². The van der Waals surface area contributed by atoms with Gasteiger partial charge in [0.1, 0.15) is 13.2 Å². The zero-order chi connectivity index (χ0) is 46.5. The summed E-state index contributed by atoms with van der Waals surface area (Å²) in [6.45, 7) is 6.37. The first-order valence-corrected chi connectivity index (χ1v) is 26.0. The Hall–Kier alpha value is -3.93. The number of carbonyl (C=O) groups excluding carboxylic acids is 3. The van der Waals surface area contributed by atoms with Crippen molar-refractivity contribution in [2.24, 2.45) is 0 Å². The zero-order valence-corrected chi connectivity index (χ0v) is 41.3. The topological polar surface area (TPSA) is 78.9 Å². The minimum Gasteiger partial charge on any atom is -0.462 e. The molecule has 64 heavy (non-hydrogen) atoms. The van der Waals surface area contributed by atoms with Crippen molar-refractivity contribution < 1.29 is 28.6 Å². The monoisotopic (exact) mass is 887 g/mol. The van der Waals surface area contributed by atoms with Gasteiger partial charge in [0.15, 0.2) is 6.10 Å². The maximum absolute atomic E-state index is 12.8. The molecule has 0 fully saturated rings. The molecule has 0 aromatic carbocycles. The maximum atomic E-state index is 12.8. The highest BCUT2D eigenvalue weighted by Crippen LogP contribution is 2.13. The van der Waals surface area contributed by atoms with Crippen molar-refractivity contribution in [3.8, 4) is 0 Å². The normalized spacial score (nSPS) is 13.0. The van der Waals surface area contributed by atoms with E-state index in [0.29, 0.717) is 19.3 Å². The number of carbonyl (C=O) groups is 3. The molecule has 0 rings (SSSR count). The highest BCUT2D eigenvalue weighted by Gasteiger charge is 2.19. The molecule has 1 unspecified atom stereocenters. The molecule has 0 aliphatic heterocycles. The fraction of sp³-hybridized carbons (Fsp3) is 0.638. The Labute approximate surface area is 393 Å². The van der Waals surface area contributed by atoms with Gasteiger partial charge >= 0.3 is 17.9 Å². The summed E-state index contributed by atoms with van der Waals surface area (Å²) in [5.41, 5.74) is 0. The standard InChI is InChI=1S/C58H94O6/c1-4-7-10-13-16-19-22-25-27-28-29-31-33-36-39-42-45-48-51-57(60)63-54-55(53-62-56(59)50-47-44-41-38-35-32-24-21-18-15-12-9-6-3)64-58(61)52-49-46-43-40-37-34-30-26-23-20-17-14-11-8-5-2/h9,12,15,18,20-25,27-29,31-32,35,38,41,55H,4-8,10-11,13-14,16-17,19,26,30,33-34,36-37,39-40,42-54H2,1-3H3/b12-9+,18-15+,23-20+,24-21+,25-22+,28-27+,31-29+,35-32+,41-38+. The lowest BCUT2D eigenvalue weighted by Crippen LogP contribution is -2.30. The second-order valence-corrected chi connectivity index (χ2v) is 16.9. The molecule has 0 saturated heterocycles. The molecule has 6 heteroatoms. The smallest absolute Gasteiger partial charge is 0.306 e. The average Bonchev–Trinajstić information content (AvgIpc) is 3.29. The van der Waals surface area contributed by atoms with Crippen LogP contribution in [0.25, 0.3) is 0 Å². The van der Waals surface area contributed by atoms with Gasteiger partial charge in [0.25, 0.3) is 0 Å². The molecule has 0 saturated carbocycles. The molecule has 1 atom stereocenters. The van der Waals surface area contributed by atoms with Gasteiger partial charge in [-0.3, -0.25) is 14.4 Å². The Balaban J connectivity index is 4.53. The fourth-order valence-electron chi connectivity index (χ4n) is 6.76. The summed E-state index contributed by atoms with van der Waals surface area (Å²) in [5.74, 6) is -1.02. The van der Waals surface area contributed by atoms with E-state index in [9.17, 15) is 14.4 Å². The van der Waals surface area contributed by atoms with E-state index >= 15 is 0 Å². The molecule has 0 aliphatic carbocycles. The number of hydrogen-bond donors (Lipinski definition) is 0. The van der Waals surface area contributed by atoms with Gasteiger partial charge in [-0.25, -0.2) is 0 Å². The first-order valence-electron chi connectivity index (χ1n) is 26.0. The van der Waals surface area contributed by atoms with Gasteiger partial charge in [-0.1, -0.05) is 226 Å². The Morgan fingerprint density at radius 1 is 0.328 bits per heavy atom. The molecule has 0 spiro atoms. The Kier molecular flexibility index (Phi) is 48.5. The van der Waals surface area contributed by atoms with Crippen LogP contribution >= 0.6 is 0 Å². The summed E-state index contributed by atoms with van der Waals surface area (Å²) in [5, 5.41) is 0. The van der Waals surface area contributed by atoms with Crippen LogP contribution in [0.5, 0.6) is 0 Å². The van der Waals surface area contributed by atoms with Gasteiger partial charge in [0.2, 0.25) is 0 Å². The van der Waals surface area contributed by atoms with Crippen LogP contribution in [-0.2, 0) is 28.6 Å². The Morgan fingerprint density at radius 3 is 1.08 bits per heavy atom. The third kappa shape index (κ3) is 49.1. The molecular formula is C58H94O6. The van der Waals surface area contributed by atoms with Crippen LogP contribution in [-0.4, -0.2) is 37.2 Å². The van der Waals surface area contributed by atoms with Crippen LogP contribution < -0.4 is 0 Å². The summed E-state index contributed by atoms with van der Waals surface area (Å²) in [4.78, 5) is 38.0. The molecule has 362 valence electrons. The van der Waals surface area contributed by atoms with Gasteiger partial charge in [-0.2, -0.15) is 0 Å². The van der Waals surface area contributed by atoms with Crippen molar-refractivity contribution in [1.29, 1.82) is 0 Å². The lowest BCUT2D eigenvalue weighted by molar-refractivity contribution is -0.167. The molecule has 0 heterocycles. The van der Waals surface area contributed by atoms with E-state index in [4.69, 9.17) is 14.2 Å². The third-order valence-corrected chi connectivity index (χ3v) is 10.7. The molecule has 0 N–H and O–H groups in total. The van der Waals surface area contributed by atoms with Gasteiger partial charge in [-0.15, -0.1) is 0 Å². The number of unbranched alkanes of at least 4 members (excludes halogenated alkanes) is 22. The molecule has 0 aromatic rings. The number of hydrogen-bond acceptors (Lipinski definition) is 6. The van der Waals surface area contributed by atoms with Gasteiger partial charge in [0, 0.05) is 19.3 Å². The number of rotatable bonds is 45. The molecule has 0 bridgehead atoms. The predicted octanol–water partition coefficient (Wildman–Crippen LogP) is 17.1. The summed E-state index contributed by atoms with van der Waals surface area (Å²) < 4.78 is 16.7. The molecule has 6 nitrogen and oxygen atoms in total. The molecule has 0 radical (unpaired) electrons. The molecule has 0 aliphatic rings. The van der Waals surface area contributed by atoms with E-state index in [0.717, 1.165) is 77.0 Å². The number of ether oxygens (including phenoxy) is 3. The van der Waals surface area contributed by atoms with E-state index in [2.05, 4.69) is 75.5 Å². The largest absolute Gasteiger partial charge is 0.462 e. The summed E-state index contributed by atoms with van der Waals surface area (Å²) in [6, 6.07) is 0. The van der Waals surface area contributed by atoms with Crippen LogP contribution in [0.2, 0.25) is 0 Å². The first-order chi connectivity index (χ1) is 31.5. The summed E-state index contributed by atoms with van der Waals surface area (Å²) in [6.07, 6.45) is 69.3. The van der Waals surface area contributed by atoms with Gasteiger partial charge in [0.05, 0.1) is 0 Å². The maximum Gasteiger partial charge on any atom is 0.306 e. The van der Waals surface area contributed by atoms with Crippen molar-refractivity contribution in [1.82, 2.24) is 0 Å². The quantitative estimate of drug-likeness (QED) is 0.0199. The van der Waals surface area contributed by atoms with E-state index in [1.165, 1.54) is 96.3 Å². The van der Waals surface area contributed by atoms with Crippen LogP contribution in [0.15, 0.2) is 109 Å². The summed E-state index contributed by atoms with van der Waals surface area (Å²) in [7, 11) is 0. The summed E-state index contributed by atoms with van der Waals surface area (Å²) >= 11 is 0. The Bertz CT molecular complexity index is 1340. The minimum absolute atomic E-state index is 0.115. The van der Waals surface area contributed by atoms with E-state index in [1.807, 2.05) is 54.7 Å². The average molecular weight is 887 g/mol. The first kappa shape index (κ1) is 60.1. The van der Waals surface area contributed by atoms with E-state index in [1.54, 1.807) is 0 Å². The van der Waals surface area contributed by atoms with Gasteiger partial charge in [-0.05, 0) is 83.5 Å². The van der Waals surface area contributed by atoms with Crippen molar-refractivity contribution in [3.05, 3.63) is 109 Å². The number of allylic oxidation sites excluding steroid dienone is 18. The van der Waals surface area contributed by atoms with Crippen LogP contribution in [0, 0.1) is 0 Å². The van der Waals surface area contributed by atoms with Crippen LogP contribution in [0.4, 0.5) is 0 Å². The SMILES string of the molecule is CC/C=C/C=C/C=C/C=C/C=C/CCCC(=O)OCC(COC(=O)CCCCCCC/C=C/C=C/C=C/CCCCCCC)OC(=O)CCCCCCCCC/C=C/CCCCCC. The molecule has 0 aromatic heterocycles. The second kappa shape index (κ2) is 51.7. The third-order valence-electron chi connectivity index (χ3n) is 10.7. The van der Waals surface area contributed by atoms with Gasteiger partial charge < -0.3 is 14.2 Å². The Morgan fingerprint density at radius 2 is 0.641 bits per heavy atom. The predicted molar refractivity (Wildman–Crippen MR) is 274 cm³/mol. The highest BCUT2D eigenvalue weighted by atomic mass is 16.6. The lowest BCUT2D eigenvalue weighted by Gasteiger charge is -2.18. The van der Waals surface area contributed by atoms with Crippen molar-refractivity contribution in [2.45, 2.75) is 226 Å². The van der Waals surface area contributed by atoms with Crippen molar-refractivity contribution >= 4 is 17.9 Å². The van der Waals surface area contributed by atoms with Crippen molar-refractivity contribution in [2.75, 3.05) is 13.2 Å². The van der Waals surface area contributed by atoms with Crippen LogP contribution in [0.3, 0.4) is 0 Å². The fourth-order valence-corrected chi connectivity index (χ4v) is 6.76. The van der Waals surface area contributed by atoms with E-state index < -0.39 is 6.10 Å². The zero-order valence-electron chi connectivity index (χ0n) is 41.3. The number of esters is 3. The molecule has 0 amide bonds. The second-order valence-electron chi connectivity index (χ2n) is 16.9. The highest BCUT2D eigenvalue weighted by molar-refractivity contribution is 5.71. The van der Waals surface area contributed by atoms with Crippen LogP contribution in [0.1, 0.15) is 220 Å². The molecular weight excluding hydrogens is 793 g/mol. The lowest BCUT2D eigenvalue weighted by atomic mass is 10.1.